The van der Waals surface area contributed by atoms with E-state index in [1.807, 2.05) is 0 Å². The van der Waals surface area contributed by atoms with E-state index in [1.54, 1.807) is 0 Å². The van der Waals surface area contributed by atoms with Gasteiger partial charge in [0, 0.05) is 11.8 Å². The van der Waals surface area contributed by atoms with Gasteiger partial charge in [-0.3, -0.25) is 0 Å². The summed E-state index contributed by atoms with van der Waals surface area (Å²) < 4.78 is 0. The van der Waals surface area contributed by atoms with E-state index in [0.717, 1.165) is 18.2 Å². The molecule has 0 rings (SSSR count). The average molecular weight is 169 g/mol. The zero-order valence-corrected chi connectivity index (χ0v) is 7.38. The van der Waals surface area contributed by atoms with Crippen LogP contribution in [-0.4, -0.2) is 11.8 Å². The minimum Gasteiger partial charge on any atom is -0.127 e. The Balaban J connectivity index is 2.88. The van der Waals surface area contributed by atoms with Gasteiger partial charge in [0.05, 0.1) is 0 Å². The summed E-state index contributed by atoms with van der Waals surface area (Å²) in [4.78, 5) is 0. The third kappa shape index (κ3) is 6.47. The van der Waals surface area contributed by atoms with Crippen molar-refractivity contribution >= 4 is 23.2 Å². The highest BCUT2D eigenvalue weighted by atomic mass is 35.5. The first-order valence-corrected chi connectivity index (χ1v) is 4.50. The van der Waals surface area contributed by atoms with E-state index in [0.29, 0.717) is 5.92 Å². The highest BCUT2D eigenvalue weighted by Gasteiger charge is 1.97. The van der Waals surface area contributed by atoms with Crippen LogP contribution >= 0.6 is 23.2 Å². The second kappa shape index (κ2) is 6.70. The molecule has 0 unspecified atom stereocenters. The number of unbranched alkanes of at least 4 members (excludes halogenated alkanes) is 1. The van der Waals surface area contributed by atoms with Gasteiger partial charge in [-0.2, -0.15) is 0 Å². The molecule has 0 radical (unpaired) electrons. The Morgan fingerprint density at radius 2 is 1.89 bits per heavy atom. The van der Waals surface area contributed by atoms with Gasteiger partial charge in [-0.1, -0.05) is 13.3 Å². The van der Waals surface area contributed by atoms with Crippen molar-refractivity contribution in [1.29, 1.82) is 0 Å². The molecule has 0 aromatic carbocycles. The van der Waals surface area contributed by atoms with Gasteiger partial charge in [0.25, 0.3) is 0 Å². The van der Waals surface area contributed by atoms with Crippen LogP contribution in [-0.2, 0) is 0 Å². The molecule has 1 atom stereocenters. The van der Waals surface area contributed by atoms with Gasteiger partial charge in [-0.05, 0) is 18.8 Å². The zero-order chi connectivity index (χ0) is 7.11. The summed E-state index contributed by atoms with van der Waals surface area (Å²) >= 11 is 11.1. The molecule has 9 heavy (non-hydrogen) atoms. The Labute approximate surface area is 67.5 Å². The Kier molecular flexibility index (Phi) is 7.13. The predicted molar refractivity (Wildman–Crippen MR) is 44.5 cm³/mol. The van der Waals surface area contributed by atoms with Crippen molar-refractivity contribution < 1.29 is 0 Å². The lowest BCUT2D eigenvalue weighted by atomic mass is 10.1. The molecule has 0 bridgehead atoms. The minimum absolute atomic E-state index is 0.662. The molecule has 0 nitrogen and oxygen atoms in total. The number of hydrogen-bond acceptors (Lipinski definition) is 0. The second-order valence-electron chi connectivity index (χ2n) is 2.44. The molecule has 56 valence electrons. The summed E-state index contributed by atoms with van der Waals surface area (Å²) in [6.07, 6.45) is 3.57. The van der Waals surface area contributed by atoms with Crippen LogP contribution in [0.2, 0.25) is 0 Å². The summed E-state index contributed by atoms with van der Waals surface area (Å²) in [7, 11) is 0. The maximum absolute atomic E-state index is 5.60. The summed E-state index contributed by atoms with van der Waals surface area (Å²) in [5, 5.41) is 0. The molecular weight excluding hydrogens is 155 g/mol. The Hall–Kier alpha value is 0.580. The molecule has 0 fully saturated rings. The van der Waals surface area contributed by atoms with Crippen LogP contribution in [0, 0.1) is 5.92 Å². The average Bonchev–Trinajstić information content (AvgIpc) is 1.89. The molecule has 0 aromatic heterocycles. The molecule has 0 N–H and O–H groups in total. The summed E-state index contributed by atoms with van der Waals surface area (Å²) in [5.74, 6) is 2.23. The van der Waals surface area contributed by atoms with Crippen LogP contribution in [0.3, 0.4) is 0 Å². The summed E-state index contributed by atoms with van der Waals surface area (Å²) in [6.45, 7) is 2.17. The van der Waals surface area contributed by atoms with Crippen molar-refractivity contribution in [3.63, 3.8) is 0 Å². The largest absolute Gasteiger partial charge is 0.127 e. The van der Waals surface area contributed by atoms with E-state index in [9.17, 15) is 0 Å². The van der Waals surface area contributed by atoms with Crippen molar-refractivity contribution in [3.05, 3.63) is 0 Å². The first-order valence-electron chi connectivity index (χ1n) is 3.43. The number of hydrogen-bond donors (Lipinski definition) is 0. The molecule has 2 heteroatoms. The van der Waals surface area contributed by atoms with E-state index in [2.05, 4.69) is 6.92 Å². The van der Waals surface area contributed by atoms with Crippen molar-refractivity contribution in [2.24, 2.45) is 5.92 Å². The predicted octanol–water partition coefficient (Wildman–Crippen LogP) is 3.27. The van der Waals surface area contributed by atoms with Gasteiger partial charge >= 0.3 is 0 Å². The molecule has 0 aliphatic heterocycles. The third-order valence-electron chi connectivity index (χ3n) is 1.34. The molecular formula is C7H14Cl2. The van der Waals surface area contributed by atoms with Crippen LogP contribution in [0.1, 0.15) is 26.2 Å². The first-order chi connectivity index (χ1) is 4.31. The maximum Gasteiger partial charge on any atom is 0.0249 e. The Morgan fingerprint density at radius 3 is 2.33 bits per heavy atom. The van der Waals surface area contributed by atoms with Gasteiger partial charge < -0.3 is 0 Å². The van der Waals surface area contributed by atoms with E-state index in [4.69, 9.17) is 23.2 Å². The van der Waals surface area contributed by atoms with Gasteiger partial charge in [0.1, 0.15) is 0 Å². The lowest BCUT2D eigenvalue weighted by molar-refractivity contribution is 0.556. The molecule has 0 saturated heterocycles. The van der Waals surface area contributed by atoms with Crippen LogP contribution in [0.4, 0.5) is 0 Å². The van der Waals surface area contributed by atoms with Crippen LogP contribution in [0.5, 0.6) is 0 Å². The summed E-state index contributed by atoms with van der Waals surface area (Å²) in [5.41, 5.74) is 0. The third-order valence-corrected chi connectivity index (χ3v) is 2.14. The number of rotatable bonds is 5. The van der Waals surface area contributed by atoms with Crippen LogP contribution < -0.4 is 0 Å². The zero-order valence-electron chi connectivity index (χ0n) is 5.87. The van der Waals surface area contributed by atoms with E-state index < -0.39 is 0 Å². The van der Waals surface area contributed by atoms with Gasteiger partial charge in [-0.15, -0.1) is 23.2 Å². The lowest BCUT2D eigenvalue weighted by Gasteiger charge is -2.03. The fraction of sp³-hybridized carbons (Fsp3) is 1.00. The summed E-state index contributed by atoms with van der Waals surface area (Å²) in [6, 6.07) is 0. The molecule has 0 spiro atoms. The van der Waals surface area contributed by atoms with Crippen molar-refractivity contribution in [3.8, 4) is 0 Å². The van der Waals surface area contributed by atoms with E-state index >= 15 is 0 Å². The standard InChI is InChI=1S/C7H14Cl2/c1-7(6-9)4-2-3-5-8/h7H,2-6H2,1H3/t7-/m1/s1. The van der Waals surface area contributed by atoms with E-state index in [-0.39, 0.29) is 0 Å². The molecule has 0 saturated carbocycles. The van der Waals surface area contributed by atoms with Crippen molar-refractivity contribution in [2.45, 2.75) is 26.2 Å². The van der Waals surface area contributed by atoms with Crippen molar-refractivity contribution in [2.75, 3.05) is 11.8 Å². The van der Waals surface area contributed by atoms with Gasteiger partial charge in [0.2, 0.25) is 0 Å². The monoisotopic (exact) mass is 168 g/mol. The molecule has 0 amide bonds. The van der Waals surface area contributed by atoms with Gasteiger partial charge in [-0.25, -0.2) is 0 Å². The Bertz CT molecular complexity index is 54.9. The Morgan fingerprint density at radius 1 is 1.22 bits per heavy atom. The SMILES string of the molecule is C[C@@H](CCl)CCCCCl. The van der Waals surface area contributed by atoms with Crippen LogP contribution in [0.25, 0.3) is 0 Å². The minimum atomic E-state index is 0.662. The second-order valence-corrected chi connectivity index (χ2v) is 3.13. The topological polar surface area (TPSA) is 0 Å². The fourth-order valence-electron chi connectivity index (χ4n) is 0.664. The van der Waals surface area contributed by atoms with Gasteiger partial charge in [0.15, 0.2) is 0 Å². The normalized spacial score (nSPS) is 13.7. The highest BCUT2D eigenvalue weighted by molar-refractivity contribution is 6.18. The highest BCUT2D eigenvalue weighted by Crippen LogP contribution is 2.09. The first kappa shape index (κ1) is 9.58. The van der Waals surface area contributed by atoms with Crippen LogP contribution in [0.15, 0.2) is 0 Å². The molecule has 0 aliphatic carbocycles. The molecule has 0 heterocycles. The molecule has 0 aliphatic rings. The number of alkyl halides is 2. The van der Waals surface area contributed by atoms with Crippen molar-refractivity contribution in [1.82, 2.24) is 0 Å². The lowest BCUT2D eigenvalue weighted by Crippen LogP contribution is -1.95. The maximum atomic E-state index is 5.60. The van der Waals surface area contributed by atoms with E-state index in [1.165, 1.54) is 12.8 Å². The molecule has 0 aromatic rings. The number of halogens is 2. The smallest absolute Gasteiger partial charge is 0.0249 e. The fourth-order valence-corrected chi connectivity index (χ4v) is 1.01. The quantitative estimate of drug-likeness (QED) is 0.437.